The minimum absolute atomic E-state index is 0.171. The van der Waals surface area contributed by atoms with Gasteiger partial charge in [0.2, 0.25) is 0 Å². The molecule has 21 heavy (non-hydrogen) atoms. The van der Waals surface area contributed by atoms with Gasteiger partial charge in [-0.1, -0.05) is 12.1 Å². The first-order valence-corrected chi connectivity index (χ1v) is 5.96. The fourth-order valence-electron chi connectivity index (χ4n) is 1.93. The number of halogens is 3. The zero-order chi connectivity index (χ0) is 15.0. The van der Waals surface area contributed by atoms with E-state index in [0.717, 1.165) is 12.1 Å². The lowest BCUT2D eigenvalue weighted by Gasteiger charge is -2.06. The summed E-state index contributed by atoms with van der Waals surface area (Å²) < 4.78 is 39.5. The number of hydrogen-bond acceptors (Lipinski definition) is 3. The highest BCUT2D eigenvalue weighted by atomic mass is 19.4. The number of pyridine rings is 1. The van der Waals surface area contributed by atoms with Crippen LogP contribution in [0.1, 0.15) is 15.9 Å². The maximum atomic E-state index is 12.7. The number of aromatic nitrogens is 3. The van der Waals surface area contributed by atoms with Gasteiger partial charge in [-0.05, 0) is 24.3 Å². The van der Waals surface area contributed by atoms with Crippen LogP contribution in [-0.4, -0.2) is 20.9 Å². The molecule has 2 aromatic heterocycles. The van der Waals surface area contributed by atoms with E-state index in [2.05, 4.69) is 10.1 Å². The quantitative estimate of drug-likeness (QED) is 0.681. The molecule has 0 aliphatic carbocycles. The number of alkyl halides is 3. The third kappa shape index (κ3) is 2.49. The fourth-order valence-corrected chi connectivity index (χ4v) is 1.93. The van der Waals surface area contributed by atoms with Crippen molar-refractivity contribution in [3.8, 4) is 11.4 Å². The Morgan fingerprint density at radius 2 is 1.95 bits per heavy atom. The van der Waals surface area contributed by atoms with Crippen LogP contribution < -0.4 is 0 Å². The summed E-state index contributed by atoms with van der Waals surface area (Å²) in [6, 6.07) is 7.94. The molecule has 0 N–H and O–H groups in total. The summed E-state index contributed by atoms with van der Waals surface area (Å²) in [6.07, 6.45) is -2.29. The van der Waals surface area contributed by atoms with Crippen molar-refractivity contribution >= 4 is 11.9 Å². The number of carbonyl (C=O) groups excluding carboxylic acids is 1. The number of hydrogen-bond donors (Lipinski definition) is 0. The number of carbonyl (C=O) groups is 1. The molecule has 0 fully saturated rings. The van der Waals surface area contributed by atoms with Crippen LogP contribution in [0.4, 0.5) is 13.2 Å². The van der Waals surface area contributed by atoms with Crippen LogP contribution in [-0.2, 0) is 6.18 Å². The van der Waals surface area contributed by atoms with E-state index >= 15 is 0 Å². The normalized spacial score (nSPS) is 11.8. The maximum absolute atomic E-state index is 12.7. The number of aldehydes is 1. The molecule has 0 amide bonds. The summed E-state index contributed by atoms with van der Waals surface area (Å²) >= 11 is 0. The summed E-state index contributed by atoms with van der Waals surface area (Å²) in [5.41, 5.74) is 0.365. The van der Waals surface area contributed by atoms with Crippen molar-refractivity contribution in [3.05, 3.63) is 53.7 Å². The molecule has 0 saturated carbocycles. The molecule has 7 heteroatoms. The maximum Gasteiger partial charge on any atom is 0.416 e. The van der Waals surface area contributed by atoms with Crippen LogP contribution in [0.3, 0.4) is 0 Å². The van der Waals surface area contributed by atoms with E-state index in [1.54, 1.807) is 12.1 Å². The summed E-state index contributed by atoms with van der Waals surface area (Å²) in [5.74, 6) is 0.171. The second kappa shape index (κ2) is 4.69. The van der Waals surface area contributed by atoms with Crippen LogP contribution in [0.25, 0.3) is 17.0 Å². The molecule has 0 unspecified atom stereocenters. The topological polar surface area (TPSA) is 47.3 Å². The molecule has 0 atom stereocenters. The van der Waals surface area contributed by atoms with Crippen molar-refractivity contribution < 1.29 is 18.0 Å². The monoisotopic (exact) mass is 291 g/mol. The Labute approximate surface area is 116 Å². The minimum Gasteiger partial charge on any atom is -0.298 e. The first-order chi connectivity index (χ1) is 9.97. The van der Waals surface area contributed by atoms with E-state index in [0.29, 0.717) is 17.5 Å². The van der Waals surface area contributed by atoms with Gasteiger partial charge in [-0.25, -0.2) is 9.50 Å². The lowest BCUT2D eigenvalue weighted by Crippen LogP contribution is -2.04. The van der Waals surface area contributed by atoms with E-state index in [-0.39, 0.29) is 11.4 Å². The second-order valence-corrected chi connectivity index (χ2v) is 4.40. The molecule has 0 bridgehead atoms. The van der Waals surface area contributed by atoms with Crippen molar-refractivity contribution in [2.45, 2.75) is 6.18 Å². The summed E-state index contributed by atoms with van der Waals surface area (Å²) in [5, 5.41) is 4.09. The lowest BCUT2D eigenvalue weighted by atomic mass is 10.1. The van der Waals surface area contributed by atoms with Crippen molar-refractivity contribution in [2.75, 3.05) is 0 Å². The van der Waals surface area contributed by atoms with E-state index in [9.17, 15) is 18.0 Å². The highest BCUT2D eigenvalue weighted by molar-refractivity contribution is 5.75. The molecule has 0 spiro atoms. The van der Waals surface area contributed by atoms with Crippen LogP contribution in [0.2, 0.25) is 0 Å². The van der Waals surface area contributed by atoms with Crippen LogP contribution in [0.5, 0.6) is 0 Å². The summed E-state index contributed by atoms with van der Waals surface area (Å²) in [4.78, 5) is 14.8. The molecule has 4 nitrogen and oxygen atoms in total. The molecule has 3 rings (SSSR count). The van der Waals surface area contributed by atoms with Gasteiger partial charge in [0.05, 0.1) is 5.56 Å². The number of fused-ring (bicyclic) bond motifs is 1. The van der Waals surface area contributed by atoms with Gasteiger partial charge in [0.25, 0.3) is 0 Å². The predicted octanol–water partition coefficient (Wildman–Crippen LogP) is 3.23. The first kappa shape index (κ1) is 13.3. The first-order valence-electron chi connectivity index (χ1n) is 5.96. The lowest BCUT2D eigenvalue weighted by molar-refractivity contribution is -0.137. The highest BCUT2D eigenvalue weighted by Gasteiger charge is 2.30. The molecule has 2 heterocycles. The van der Waals surface area contributed by atoms with Gasteiger partial charge in [-0.3, -0.25) is 4.79 Å². The SMILES string of the molecule is O=Cc1ccc2nc(-c3cccc(C(F)(F)F)c3)nn2c1. The molecule has 0 saturated heterocycles. The van der Waals surface area contributed by atoms with Crippen molar-refractivity contribution in [2.24, 2.45) is 0 Å². The van der Waals surface area contributed by atoms with Gasteiger partial charge < -0.3 is 0 Å². The van der Waals surface area contributed by atoms with Crippen molar-refractivity contribution in [3.63, 3.8) is 0 Å². The Hall–Kier alpha value is -2.70. The Kier molecular flexibility index (Phi) is 2.97. The van der Waals surface area contributed by atoms with E-state index in [1.165, 1.54) is 22.8 Å². The second-order valence-electron chi connectivity index (χ2n) is 4.40. The Morgan fingerprint density at radius 1 is 1.14 bits per heavy atom. The van der Waals surface area contributed by atoms with Gasteiger partial charge >= 0.3 is 6.18 Å². The van der Waals surface area contributed by atoms with Gasteiger partial charge in [0, 0.05) is 17.3 Å². The molecule has 0 aliphatic heterocycles. The summed E-state index contributed by atoms with van der Waals surface area (Å²) in [7, 11) is 0. The van der Waals surface area contributed by atoms with Gasteiger partial charge in [0.15, 0.2) is 17.8 Å². The molecule has 3 aromatic rings. The summed E-state index contributed by atoms with van der Waals surface area (Å²) in [6.45, 7) is 0. The molecule has 1 aromatic carbocycles. The number of nitrogens with zero attached hydrogens (tertiary/aromatic N) is 3. The molecule has 0 aliphatic rings. The number of benzene rings is 1. The van der Waals surface area contributed by atoms with Crippen LogP contribution in [0, 0.1) is 0 Å². The zero-order valence-corrected chi connectivity index (χ0v) is 10.5. The molecule has 106 valence electrons. The largest absolute Gasteiger partial charge is 0.416 e. The van der Waals surface area contributed by atoms with Gasteiger partial charge in [-0.15, -0.1) is 5.10 Å². The zero-order valence-electron chi connectivity index (χ0n) is 10.5. The van der Waals surface area contributed by atoms with Crippen LogP contribution >= 0.6 is 0 Å². The molecular weight excluding hydrogens is 283 g/mol. The average molecular weight is 291 g/mol. The molecule has 0 radical (unpaired) electrons. The predicted molar refractivity (Wildman–Crippen MR) is 68.8 cm³/mol. The van der Waals surface area contributed by atoms with Crippen molar-refractivity contribution in [1.29, 1.82) is 0 Å². The van der Waals surface area contributed by atoms with E-state index in [4.69, 9.17) is 0 Å². The van der Waals surface area contributed by atoms with Crippen LogP contribution in [0.15, 0.2) is 42.6 Å². The van der Waals surface area contributed by atoms with E-state index in [1.807, 2.05) is 0 Å². The standard InChI is InChI=1S/C14H8F3N3O/c15-14(16,17)11-3-1-2-10(6-11)13-18-12-5-4-9(8-21)7-20(12)19-13/h1-8H. The Balaban J connectivity index is 2.10. The number of rotatable bonds is 2. The highest BCUT2D eigenvalue weighted by Crippen LogP contribution is 2.31. The third-order valence-corrected chi connectivity index (χ3v) is 2.94. The van der Waals surface area contributed by atoms with E-state index < -0.39 is 11.7 Å². The minimum atomic E-state index is -4.42. The molecular formula is C14H8F3N3O. The third-order valence-electron chi connectivity index (χ3n) is 2.94. The van der Waals surface area contributed by atoms with Crippen molar-refractivity contribution in [1.82, 2.24) is 14.6 Å². The van der Waals surface area contributed by atoms with Gasteiger partial charge in [0.1, 0.15) is 0 Å². The average Bonchev–Trinajstić information content (AvgIpc) is 2.89. The smallest absolute Gasteiger partial charge is 0.298 e. The van der Waals surface area contributed by atoms with Gasteiger partial charge in [-0.2, -0.15) is 13.2 Å². The fraction of sp³-hybridized carbons (Fsp3) is 0.0714. The Bertz CT molecular complexity index is 824. The Morgan fingerprint density at radius 3 is 2.67 bits per heavy atom.